The number of carbonyl (C=O) groups excluding carboxylic acids is 1. The van der Waals surface area contributed by atoms with Gasteiger partial charge >= 0.3 is 0 Å². The summed E-state index contributed by atoms with van der Waals surface area (Å²) in [5, 5.41) is 0. The molecular formula is C12H25NO4. The van der Waals surface area contributed by atoms with Gasteiger partial charge in [0.15, 0.2) is 6.29 Å². The van der Waals surface area contributed by atoms with Gasteiger partial charge in [-0.3, -0.25) is 4.79 Å². The largest absolute Gasteiger partial charge is 0.384 e. The minimum atomic E-state index is -0.531. The molecule has 0 heterocycles. The molecule has 5 heteroatoms. The first-order valence-electron chi connectivity index (χ1n) is 5.76. The van der Waals surface area contributed by atoms with Gasteiger partial charge in [0.2, 0.25) is 5.91 Å². The Morgan fingerprint density at radius 2 is 1.76 bits per heavy atom. The third-order valence-electron chi connectivity index (χ3n) is 2.65. The molecule has 0 aromatic carbocycles. The van der Waals surface area contributed by atoms with E-state index in [1.165, 1.54) is 0 Å². The van der Waals surface area contributed by atoms with Crippen LogP contribution in [0.2, 0.25) is 0 Å². The number of methoxy groups -OCH3 is 3. The van der Waals surface area contributed by atoms with Gasteiger partial charge in [0.25, 0.3) is 0 Å². The lowest BCUT2D eigenvalue weighted by atomic mass is 9.92. The lowest BCUT2D eigenvalue weighted by Crippen LogP contribution is -2.46. The molecule has 0 rings (SSSR count). The van der Waals surface area contributed by atoms with E-state index in [0.29, 0.717) is 19.7 Å². The molecule has 0 saturated carbocycles. The number of likely N-dealkylation sites (N-methyl/N-ethyl adjacent to an activating group) is 1. The molecule has 0 N–H and O–H groups in total. The first-order chi connectivity index (χ1) is 7.92. The van der Waals surface area contributed by atoms with Crippen LogP contribution in [-0.4, -0.2) is 58.1 Å². The number of hydrogen-bond donors (Lipinski definition) is 0. The lowest BCUT2D eigenvalue weighted by molar-refractivity contribution is -0.154. The van der Waals surface area contributed by atoms with Crippen molar-refractivity contribution in [3.05, 3.63) is 0 Å². The second-order valence-corrected chi connectivity index (χ2v) is 4.56. The summed E-state index contributed by atoms with van der Waals surface area (Å²) in [4.78, 5) is 14.0. The van der Waals surface area contributed by atoms with E-state index in [-0.39, 0.29) is 5.91 Å². The van der Waals surface area contributed by atoms with Crippen molar-refractivity contribution in [3.63, 3.8) is 0 Å². The van der Waals surface area contributed by atoms with Gasteiger partial charge in [-0.05, 0) is 20.8 Å². The number of amides is 1. The first-order valence-corrected chi connectivity index (χ1v) is 5.76. The molecule has 0 radical (unpaired) electrons. The Kier molecular flexibility index (Phi) is 7.34. The molecule has 5 nitrogen and oxygen atoms in total. The van der Waals surface area contributed by atoms with E-state index in [4.69, 9.17) is 14.2 Å². The van der Waals surface area contributed by atoms with Gasteiger partial charge in [0, 0.05) is 27.9 Å². The zero-order valence-electron chi connectivity index (χ0n) is 11.8. The fourth-order valence-electron chi connectivity index (χ4n) is 1.63. The van der Waals surface area contributed by atoms with Crippen molar-refractivity contribution < 1.29 is 19.0 Å². The topological polar surface area (TPSA) is 48.0 Å². The number of carbonyl (C=O) groups is 1. The molecule has 0 unspecified atom stereocenters. The molecule has 0 aliphatic carbocycles. The summed E-state index contributed by atoms with van der Waals surface area (Å²) in [6.45, 7) is 7.12. The van der Waals surface area contributed by atoms with E-state index in [2.05, 4.69) is 0 Å². The van der Waals surface area contributed by atoms with Crippen LogP contribution in [0.5, 0.6) is 0 Å². The number of ether oxygens (including phenoxy) is 3. The Morgan fingerprint density at radius 1 is 1.24 bits per heavy atom. The van der Waals surface area contributed by atoms with Crippen molar-refractivity contribution in [2.45, 2.75) is 27.1 Å². The maximum Gasteiger partial charge on any atom is 0.230 e. The van der Waals surface area contributed by atoms with E-state index in [1.807, 2.05) is 20.8 Å². The van der Waals surface area contributed by atoms with Crippen molar-refractivity contribution in [2.24, 2.45) is 5.41 Å². The Labute approximate surface area is 104 Å². The lowest BCUT2D eigenvalue weighted by Gasteiger charge is -2.32. The van der Waals surface area contributed by atoms with E-state index < -0.39 is 11.7 Å². The molecule has 102 valence electrons. The number of hydrogen-bond acceptors (Lipinski definition) is 4. The van der Waals surface area contributed by atoms with E-state index in [9.17, 15) is 4.79 Å². The van der Waals surface area contributed by atoms with Crippen LogP contribution in [0, 0.1) is 5.41 Å². The van der Waals surface area contributed by atoms with E-state index >= 15 is 0 Å². The third kappa shape index (κ3) is 5.02. The highest BCUT2D eigenvalue weighted by atomic mass is 16.7. The minimum Gasteiger partial charge on any atom is -0.384 e. The molecule has 0 bridgehead atoms. The molecular weight excluding hydrogens is 222 g/mol. The van der Waals surface area contributed by atoms with Crippen molar-refractivity contribution in [3.8, 4) is 0 Å². The minimum absolute atomic E-state index is 0.0425. The van der Waals surface area contributed by atoms with Crippen LogP contribution in [0.3, 0.4) is 0 Å². The van der Waals surface area contributed by atoms with E-state index in [0.717, 1.165) is 0 Å². The van der Waals surface area contributed by atoms with Crippen LogP contribution >= 0.6 is 0 Å². The number of nitrogens with zero attached hydrogens (tertiary/aromatic N) is 1. The molecule has 0 spiro atoms. The summed E-state index contributed by atoms with van der Waals surface area (Å²) >= 11 is 0. The van der Waals surface area contributed by atoms with Gasteiger partial charge in [0.05, 0.1) is 18.6 Å². The molecule has 17 heavy (non-hydrogen) atoms. The van der Waals surface area contributed by atoms with Crippen LogP contribution in [0.25, 0.3) is 0 Å². The normalized spacial score (nSPS) is 11.9. The molecule has 0 aliphatic heterocycles. The highest BCUT2D eigenvalue weighted by Crippen LogP contribution is 2.19. The van der Waals surface area contributed by atoms with Gasteiger partial charge < -0.3 is 19.1 Å². The predicted octanol–water partition coefficient (Wildman–Crippen LogP) is 1.13. The van der Waals surface area contributed by atoms with Crippen LogP contribution in [0.15, 0.2) is 0 Å². The predicted molar refractivity (Wildman–Crippen MR) is 65.7 cm³/mol. The van der Waals surface area contributed by atoms with Crippen LogP contribution in [0.4, 0.5) is 0 Å². The van der Waals surface area contributed by atoms with Crippen LogP contribution in [-0.2, 0) is 19.0 Å². The summed E-state index contributed by atoms with van der Waals surface area (Å²) in [7, 11) is 4.72. The second kappa shape index (κ2) is 7.63. The maximum atomic E-state index is 12.3. The van der Waals surface area contributed by atoms with Crippen molar-refractivity contribution in [1.29, 1.82) is 0 Å². The molecule has 0 aliphatic rings. The SMILES string of the molecule is CCN(CC(OC)OC)C(=O)C(C)(C)COC. The molecule has 0 saturated heterocycles. The fraction of sp³-hybridized carbons (Fsp3) is 0.917. The summed E-state index contributed by atoms with van der Waals surface area (Å²) in [6, 6.07) is 0. The standard InChI is InChI=1S/C12H25NO4/c1-7-13(8-10(16-5)17-6)11(14)12(2,3)9-15-4/h10H,7-9H2,1-6H3. The average Bonchev–Trinajstić information content (AvgIpc) is 2.30. The Morgan fingerprint density at radius 3 is 2.12 bits per heavy atom. The molecule has 0 fully saturated rings. The summed E-state index contributed by atoms with van der Waals surface area (Å²) < 4.78 is 15.3. The zero-order chi connectivity index (χ0) is 13.5. The van der Waals surface area contributed by atoms with E-state index in [1.54, 1.807) is 26.2 Å². The van der Waals surface area contributed by atoms with Crippen molar-refractivity contribution in [1.82, 2.24) is 4.90 Å². The quantitative estimate of drug-likeness (QED) is 0.603. The van der Waals surface area contributed by atoms with Crippen molar-refractivity contribution in [2.75, 3.05) is 41.0 Å². The van der Waals surface area contributed by atoms with Gasteiger partial charge in [0.1, 0.15) is 0 Å². The molecule has 0 aromatic rings. The molecule has 0 aromatic heterocycles. The van der Waals surface area contributed by atoms with Gasteiger partial charge in [-0.15, -0.1) is 0 Å². The highest BCUT2D eigenvalue weighted by molar-refractivity contribution is 5.82. The Balaban J connectivity index is 4.59. The van der Waals surface area contributed by atoms with Crippen LogP contribution < -0.4 is 0 Å². The van der Waals surface area contributed by atoms with Gasteiger partial charge in [-0.25, -0.2) is 0 Å². The zero-order valence-corrected chi connectivity index (χ0v) is 11.8. The second-order valence-electron chi connectivity index (χ2n) is 4.56. The van der Waals surface area contributed by atoms with Gasteiger partial charge in [-0.1, -0.05) is 0 Å². The molecule has 1 amide bonds. The summed E-state index contributed by atoms with van der Waals surface area (Å²) in [5.74, 6) is 0.0425. The fourth-order valence-corrected chi connectivity index (χ4v) is 1.63. The van der Waals surface area contributed by atoms with Gasteiger partial charge in [-0.2, -0.15) is 0 Å². The Hall–Kier alpha value is -0.650. The molecule has 0 atom stereocenters. The highest BCUT2D eigenvalue weighted by Gasteiger charge is 2.32. The maximum absolute atomic E-state index is 12.3. The summed E-state index contributed by atoms with van der Waals surface area (Å²) in [6.07, 6.45) is -0.391. The third-order valence-corrected chi connectivity index (χ3v) is 2.65. The van der Waals surface area contributed by atoms with Crippen molar-refractivity contribution >= 4 is 5.91 Å². The summed E-state index contributed by atoms with van der Waals surface area (Å²) in [5.41, 5.74) is -0.531. The monoisotopic (exact) mass is 247 g/mol. The first kappa shape index (κ1) is 16.4. The smallest absolute Gasteiger partial charge is 0.230 e. The number of rotatable bonds is 8. The van der Waals surface area contributed by atoms with Crippen LogP contribution in [0.1, 0.15) is 20.8 Å². The average molecular weight is 247 g/mol. The Bertz CT molecular complexity index is 227.